The molecule has 0 spiro atoms. The van der Waals surface area contributed by atoms with E-state index in [1.165, 1.54) is 10.2 Å². The van der Waals surface area contributed by atoms with Crippen LogP contribution < -0.4 is 10.6 Å². The Morgan fingerprint density at radius 2 is 2.25 bits per heavy atom. The first kappa shape index (κ1) is 13.9. The van der Waals surface area contributed by atoms with Gasteiger partial charge in [0.15, 0.2) is 5.69 Å². The van der Waals surface area contributed by atoms with Gasteiger partial charge in [0.2, 0.25) is 0 Å². The third kappa shape index (κ3) is 3.26. The van der Waals surface area contributed by atoms with Crippen LogP contribution in [0.4, 0.5) is 10.7 Å². The van der Waals surface area contributed by atoms with E-state index in [4.69, 9.17) is 5.11 Å². The van der Waals surface area contributed by atoms with Crippen molar-refractivity contribution in [3.8, 4) is 0 Å². The van der Waals surface area contributed by atoms with Crippen LogP contribution in [-0.4, -0.2) is 42.3 Å². The Balaban J connectivity index is 1.94. The number of hydrogen-bond donors (Lipinski definition) is 3. The van der Waals surface area contributed by atoms with Gasteiger partial charge >= 0.3 is 12.0 Å². The molecule has 0 bridgehead atoms. The van der Waals surface area contributed by atoms with Crippen LogP contribution in [0.3, 0.4) is 0 Å². The van der Waals surface area contributed by atoms with Crippen molar-refractivity contribution >= 4 is 29.3 Å². The number of nitrogens with zero attached hydrogens (tertiary/aromatic N) is 5. The maximum atomic E-state index is 11.7. The third-order valence-corrected chi connectivity index (χ3v) is 3.22. The number of carboxylic acid groups (broad SMARTS) is 1. The number of carboxylic acids is 1. The second-order valence-electron chi connectivity index (χ2n) is 3.80. The van der Waals surface area contributed by atoms with Gasteiger partial charge in [0, 0.05) is 5.38 Å². The molecule has 0 fully saturated rings. The average molecular weight is 297 g/mol. The van der Waals surface area contributed by atoms with E-state index in [-0.39, 0.29) is 11.6 Å². The lowest BCUT2D eigenvalue weighted by Gasteiger charge is -2.10. The zero-order valence-corrected chi connectivity index (χ0v) is 11.4. The molecule has 0 radical (unpaired) electrons. The summed E-state index contributed by atoms with van der Waals surface area (Å²) in [6, 6.07) is -0.970. The first-order chi connectivity index (χ1) is 9.45. The monoisotopic (exact) mass is 297 g/mol. The fraction of sp³-hybridized carbons (Fsp3) is 0.333. The molecule has 2 rings (SSSR count). The van der Waals surface area contributed by atoms with E-state index in [0.717, 1.165) is 11.3 Å². The maximum absolute atomic E-state index is 11.7. The molecule has 0 aliphatic heterocycles. The first-order valence-corrected chi connectivity index (χ1v) is 6.34. The number of amides is 2. The molecule has 2 heterocycles. The summed E-state index contributed by atoms with van der Waals surface area (Å²) in [5.41, 5.74) is -0.0466. The van der Waals surface area contributed by atoms with Crippen LogP contribution in [0, 0.1) is 0 Å². The molecule has 2 amide bonds. The standard InChI is InChI=1S/C9H11N7O3S/c1-4(6-11-5(3-20-6)7(17)18)10-9(19)12-8-13-15-16(2)14-8/h3-4H,1-2H3,(H,17,18)(H2,10,12,14,19). The number of aromatic carboxylic acids is 1. The van der Waals surface area contributed by atoms with Gasteiger partial charge in [-0.1, -0.05) is 5.10 Å². The van der Waals surface area contributed by atoms with Gasteiger partial charge in [0.05, 0.1) is 13.1 Å². The van der Waals surface area contributed by atoms with Crippen LogP contribution in [0.2, 0.25) is 0 Å². The van der Waals surface area contributed by atoms with Gasteiger partial charge < -0.3 is 10.4 Å². The van der Waals surface area contributed by atoms with Crippen LogP contribution >= 0.6 is 11.3 Å². The van der Waals surface area contributed by atoms with Gasteiger partial charge in [-0.2, -0.15) is 4.80 Å². The number of carbonyl (C=O) groups is 2. The summed E-state index contributed by atoms with van der Waals surface area (Å²) in [6.07, 6.45) is 0. The van der Waals surface area contributed by atoms with Crippen molar-refractivity contribution in [3.05, 3.63) is 16.1 Å². The quantitative estimate of drug-likeness (QED) is 0.735. The molecule has 1 unspecified atom stereocenters. The number of aryl methyl sites for hydroxylation is 1. The lowest BCUT2D eigenvalue weighted by molar-refractivity contribution is 0.0691. The Bertz CT molecular complexity index is 637. The lowest BCUT2D eigenvalue weighted by Crippen LogP contribution is -2.31. The van der Waals surface area contributed by atoms with Crippen molar-refractivity contribution < 1.29 is 14.7 Å². The molecule has 0 saturated carbocycles. The molecular weight excluding hydrogens is 286 g/mol. The van der Waals surface area contributed by atoms with Crippen molar-refractivity contribution in [1.29, 1.82) is 0 Å². The van der Waals surface area contributed by atoms with Gasteiger partial charge in [-0.05, 0) is 12.1 Å². The van der Waals surface area contributed by atoms with E-state index >= 15 is 0 Å². The number of tetrazole rings is 1. The molecule has 2 aromatic heterocycles. The van der Waals surface area contributed by atoms with Gasteiger partial charge in [-0.3, -0.25) is 5.32 Å². The largest absolute Gasteiger partial charge is 0.476 e. The zero-order valence-electron chi connectivity index (χ0n) is 10.6. The van der Waals surface area contributed by atoms with E-state index < -0.39 is 18.0 Å². The molecule has 0 aromatic carbocycles. The van der Waals surface area contributed by atoms with Crippen molar-refractivity contribution in [3.63, 3.8) is 0 Å². The van der Waals surface area contributed by atoms with Crippen molar-refractivity contribution in [2.24, 2.45) is 7.05 Å². The Morgan fingerprint density at radius 1 is 1.50 bits per heavy atom. The molecule has 10 nitrogen and oxygen atoms in total. The molecule has 2 aromatic rings. The van der Waals surface area contributed by atoms with Gasteiger partial charge in [0.1, 0.15) is 5.01 Å². The molecule has 0 aliphatic rings. The molecule has 20 heavy (non-hydrogen) atoms. The number of nitrogens with one attached hydrogen (secondary N) is 2. The lowest BCUT2D eigenvalue weighted by atomic mass is 10.3. The molecule has 3 N–H and O–H groups in total. The third-order valence-electron chi connectivity index (χ3n) is 2.19. The van der Waals surface area contributed by atoms with Crippen LogP contribution in [0.5, 0.6) is 0 Å². The number of rotatable bonds is 4. The smallest absolute Gasteiger partial charge is 0.355 e. The normalized spacial score (nSPS) is 11.9. The fourth-order valence-corrected chi connectivity index (χ4v) is 2.11. The van der Waals surface area contributed by atoms with E-state index in [0.29, 0.717) is 5.01 Å². The summed E-state index contributed by atoms with van der Waals surface area (Å²) in [5, 5.41) is 26.6. The van der Waals surface area contributed by atoms with E-state index in [1.807, 2.05) is 0 Å². The van der Waals surface area contributed by atoms with Crippen LogP contribution in [0.1, 0.15) is 28.5 Å². The minimum atomic E-state index is -1.10. The van der Waals surface area contributed by atoms with Crippen LogP contribution in [-0.2, 0) is 7.05 Å². The molecule has 106 valence electrons. The van der Waals surface area contributed by atoms with Gasteiger partial charge in [-0.15, -0.1) is 16.4 Å². The predicted octanol–water partition coefficient (Wildman–Crippen LogP) is 0.247. The highest BCUT2D eigenvalue weighted by Crippen LogP contribution is 2.17. The molecule has 1 atom stereocenters. The minimum Gasteiger partial charge on any atom is -0.476 e. The summed E-state index contributed by atoms with van der Waals surface area (Å²) in [5.74, 6) is -1.03. The summed E-state index contributed by atoms with van der Waals surface area (Å²) < 4.78 is 0. The maximum Gasteiger partial charge on any atom is 0.355 e. The van der Waals surface area contributed by atoms with Gasteiger partial charge in [-0.25, -0.2) is 14.6 Å². The highest BCUT2D eigenvalue weighted by atomic mass is 32.1. The summed E-state index contributed by atoms with van der Waals surface area (Å²) in [6.45, 7) is 1.69. The predicted molar refractivity (Wildman–Crippen MR) is 68.4 cm³/mol. The second-order valence-corrected chi connectivity index (χ2v) is 4.69. The van der Waals surface area contributed by atoms with Crippen molar-refractivity contribution in [2.75, 3.05) is 5.32 Å². The number of hydrogen-bond acceptors (Lipinski definition) is 7. The highest BCUT2D eigenvalue weighted by Gasteiger charge is 2.16. The van der Waals surface area contributed by atoms with E-state index in [1.54, 1.807) is 14.0 Å². The fourth-order valence-electron chi connectivity index (χ4n) is 1.31. The molecule has 11 heteroatoms. The number of urea groups is 1. The Labute approximate surface area is 116 Å². The summed E-state index contributed by atoms with van der Waals surface area (Å²) in [4.78, 5) is 27.5. The van der Waals surface area contributed by atoms with Crippen LogP contribution in [0.25, 0.3) is 0 Å². The van der Waals surface area contributed by atoms with Crippen molar-refractivity contribution in [1.82, 2.24) is 30.5 Å². The average Bonchev–Trinajstić information content (AvgIpc) is 2.98. The van der Waals surface area contributed by atoms with E-state index in [9.17, 15) is 9.59 Å². The Kier molecular flexibility index (Phi) is 3.89. The Hall–Kier alpha value is -2.56. The number of thiazole rings is 1. The first-order valence-electron chi connectivity index (χ1n) is 5.46. The Morgan fingerprint density at radius 3 is 2.80 bits per heavy atom. The van der Waals surface area contributed by atoms with Crippen LogP contribution in [0.15, 0.2) is 5.38 Å². The highest BCUT2D eigenvalue weighted by molar-refractivity contribution is 7.09. The number of aromatic nitrogens is 5. The minimum absolute atomic E-state index is 0.0466. The van der Waals surface area contributed by atoms with Crippen molar-refractivity contribution in [2.45, 2.75) is 13.0 Å². The second kappa shape index (κ2) is 5.61. The SMILES string of the molecule is CC(NC(=O)Nc1nnn(C)n1)c1nc(C(=O)O)cs1. The number of anilines is 1. The van der Waals surface area contributed by atoms with Gasteiger partial charge in [0.25, 0.3) is 5.95 Å². The number of carbonyl (C=O) groups excluding carboxylic acids is 1. The summed E-state index contributed by atoms with van der Waals surface area (Å²) in [7, 11) is 1.57. The molecular formula is C9H11N7O3S. The van der Waals surface area contributed by atoms with E-state index in [2.05, 4.69) is 31.0 Å². The summed E-state index contributed by atoms with van der Waals surface area (Å²) >= 11 is 1.16. The zero-order chi connectivity index (χ0) is 14.7. The molecule has 0 saturated heterocycles. The topological polar surface area (TPSA) is 135 Å². The molecule has 0 aliphatic carbocycles.